The van der Waals surface area contributed by atoms with Crippen LogP contribution in [0.4, 0.5) is 16.2 Å². The lowest BCUT2D eigenvalue weighted by atomic mass is 10.1. The van der Waals surface area contributed by atoms with E-state index in [4.69, 9.17) is 11.6 Å². The van der Waals surface area contributed by atoms with Crippen LogP contribution < -0.4 is 15.1 Å². The molecule has 0 bridgehead atoms. The van der Waals surface area contributed by atoms with Crippen molar-refractivity contribution in [3.63, 3.8) is 0 Å². The molecule has 7 nitrogen and oxygen atoms in total. The number of carbonyl (C=O) groups excluding carboxylic acids is 2. The van der Waals surface area contributed by atoms with Crippen LogP contribution in [0.2, 0.25) is 4.34 Å². The van der Waals surface area contributed by atoms with Crippen molar-refractivity contribution in [3.05, 3.63) is 45.6 Å². The molecule has 0 aliphatic carbocycles. The summed E-state index contributed by atoms with van der Waals surface area (Å²) in [4.78, 5) is 36.2. The minimum atomic E-state index is -0.128. The fourth-order valence-corrected chi connectivity index (χ4v) is 5.31. The molecule has 3 amide bonds. The number of urea groups is 1. The molecule has 30 heavy (non-hydrogen) atoms. The Morgan fingerprint density at radius 1 is 1.13 bits per heavy atom. The maximum Gasteiger partial charge on any atom is 0.324 e. The summed E-state index contributed by atoms with van der Waals surface area (Å²) in [6.45, 7) is 3.06. The Labute approximate surface area is 183 Å². The van der Waals surface area contributed by atoms with Gasteiger partial charge >= 0.3 is 6.03 Å². The molecule has 3 aliphatic heterocycles. The molecule has 1 aromatic heterocycles. The summed E-state index contributed by atoms with van der Waals surface area (Å²) in [5, 5.41) is 3.10. The lowest BCUT2D eigenvalue weighted by molar-refractivity contribution is 0.0935. The molecule has 0 unspecified atom stereocenters. The number of fused-ring (bicyclic) bond motifs is 1. The van der Waals surface area contributed by atoms with Gasteiger partial charge in [0.1, 0.15) is 0 Å². The molecule has 2 atom stereocenters. The Hall–Kier alpha value is -2.58. The molecule has 1 N–H and O–H groups in total. The lowest BCUT2D eigenvalue weighted by Crippen LogP contribution is -2.44. The van der Waals surface area contributed by atoms with Gasteiger partial charge in [0, 0.05) is 31.0 Å². The summed E-state index contributed by atoms with van der Waals surface area (Å²) in [6, 6.07) is 11.4. The molecule has 2 aromatic rings. The van der Waals surface area contributed by atoms with Crippen molar-refractivity contribution in [2.24, 2.45) is 4.99 Å². The van der Waals surface area contributed by atoms with Crippen LogP contribution in [0.15, 0.2) is 41.4 Å². The van der Waals surface area contributed by atoms with E-state index >= 15 is 0 Å². The molecular formula is C21H22ClN5O2S. The second-order valence-corrected chi connectivity index (χ2v) is 9.43. The van der Waals surface area contributed by atoms with Crippen LogP contribution in [0, 0.1) is 0 Å². The van der Waals surface area contributed by atoms with Crippen molar-refractivity contribution in [1.82, 2.24) is 10.2 Å². The summed E-state index contributed by atoms with van der Waals surface area (Å²) in [6.07, 6.45) is 3.69. The predicted octanol–water partition coefficient (Wildman–Crippen LogP) is 3.45. The van der Waals surface area contributed by atoms with Crippen molar-refractivity contribution in [3.8, 4) is 0 Å². The second-order valence-electron chi connectivity index (χ2n) is 7.71. The molecule has 0 spiro atoms. The zero-order valence-electron chi connectivity index (χ0n) is 16.3. The highest BCUT2D eigenvalue weighted by atomic mass is 35.5. The Bertz CT molecular complexity index is 992. The third-order valence-corrected chi connectivity index (χ3v) is 7.14. The molecule has 0 radical (unpaired) electrons. The quantitative estimate of drug-likeness (QED) is 0.786. The minimum absolute atomic E-state index is 0.00296. The van der Waals surface area contributed by atoms with Gasteiger partial charge in [-0.1, -0.05) is 11.6 Å². The molecule has 156 valence electrons. The van der Waals surface area contributed by atoms with E-state index < -0.39 is 0 Å². The zero-order valence-corrected chi connectivity index (χ0v) is 17.9. The first-order valence-corrected chi connectivity index (χ1v) is 11.3. The number of aliphatic imine (C=N–C) groups is 1. The van der Waals surface area contributed by atoms with Crippen molar-refractivity contribution in [2.75, 3.05) is 36.0 Å². The Kier molecular flexibility index (Phi) is 5.12. The molecule has 5 rings (SSSR count). The summed E-state index contributed by atoms with van der Waals surface area (Å²) in [7, 11) is 0. The lowest BCUT2D eigenvalue weighted by Gasteiger charge is -2.24. The predicted molar refractivity (Wildman–Crippen MR) is 120 cm³/mol. The maximum absolute atomic E-state index is 13.0. The van der Waals surface area contributed by atoms with Crippen LogP contribution in [-0.2, 0) is 0 Å². The van der Waals surface area contributed by atoms with Gasteiger partial charge < -0.3 is 15.1 Å². The average molecular weight is 444 g/mol. The highest BCUT2D eigenvalue weighted by molar-refractivity contribution is 7.18. The van der Waals surface area contributed by atoms with Gasteiger partial charge in [-0.15, -0.1) is 11.3 Å². The van der Waals surface area contributed by atoms with Crippen molar-refractivity contribution < 1.29 is 9.59 Å². The van der Waals surface area contributed by atoms with Crippen LogP contribution in [0.5, 0.6) is 0 Å². The summed E-state index contributed by atoms with van der Waals surface area (Å²) in [5.41, 5.74) is 1.95. The molecule has 9 heteroatoms. The monoisotopic (exact) mass is 443 g/mol. The van der Waals surface area contributed by atoms with Crippen LogP contribution in [0.1, 0.15) is 22.5 Å². The second kappa shape index (κ2) is 7.92. The van der Waals surface area contributed by atoms with E-state index in [-0.39, 0.29) is 24.0 Å². The number of thiophene rings is 1. The van der Waals surface area contributed by atoms with Crippen molar-refractivity contribution in [2.45, 2.75) is 24.9 Å². The molecule has 4 heterocycles. The van der Waals surface area contributed by atoms with Crippen molar-refractivity contribution in [1.29, 1.82) is 0 Å². The highest BCUT2D eigenvalue weighted by Crippen LogP contribution is 2.32. The van der Waals surface area contributed by atoms with E-state index in [0.717, 1.165) is 37.3 Å². The number of hydrogen-bond acceptors (Lipinski definition) is 5. The highest BCUT2D eigenvalue weighted by Gasteiger charge is 2.46. The van der Waals surface area contributed by atoms with E-state index in [9.17, 15) is 9.59 Å². The van der Waals surface area contributed by atoms with Crippen LogP contribution in [-0.4, -0.2) is 61.4 Å². The number of benzene rings is 1. The van der Waals surface area contributed by atoms with Gasteiger partial charge in [-0.2, -0.15) is 0 Å². The van der Waals surface area contributed by atoms with Gasteiger partial charge in [0.25, 0.3) is 5.91 Å². The Balaban J connectivity index is 1.27. The van der Waals surface area contributed by atoms with Gasteiger partial charge in [-0.3, -0.25) is 14.7 Å². The SMILES string of the molecule is O=C(N[C@@H]1CCN2C(=O)N(c3ccc(N4C=NCCC4)cc3)C[C@H]12)c1ccc(Cl)s1. The normalized spacial score (nSPS) is 23.2. The number of hydrogen-bond donors (Lipinski definition) is 1. The molecule has 2 saturated heterocycles. The van der Waals surface area contributed by atoms with E-state index in [1.54, 1.807) is 17.0 Å². The third kappa shape index (κ3) is 3.54. The maximum atomic E-state index is 13.0. The fourth-order valence-electron chi connectivity index (χ4n) is 4.36. The first kappa shape index (κ1) is 19.4. The summed E-state index contributed by atoms with van der Waals surface area (Å²) < 4.78 is 0.592. The fraction of sp³-hybridized carbons (Fsp3) is 0.381. The number of halogens is 1. The number of carbonyl (C=O) groups is 2. The largest absolute Gasteiger partial charge is 0.346 e. The Morgan fingerprint density at radius 3 is 2.63 bits per heavy atom. The van der Waals surface area contributed by atoms with Crippen molar-refractivity contribution >= 4 is 52.6 Å². The minimum Gasteiger partial charge on any atom is -0.346 e. The standard InChI is InChI=1S/C21H22ClN5O2S/c22-19-7-6-18(30-19)20(28)24-16-8-11-26-17(16)12-27(21(26)29)15-4-2-14(3-5-15)25-10-1-9-23-13-25/h2-7,13,16-17H,1,8-12H2,(H,24,28)/t16-,17-/m1/s1. The van der Waals surface area contributed by atoms with E-state index in [2.05, 4.69) is 15.2 Å². The van der Waals surface area contributed by atoms with Gasteiger partial charge in [-0.05, 0) is 49.2 Å². The van der Waals surface area contributed by atoms with Crippen LogP contribution in [0.3, 0.4) is 0 Å². The number of anilines is 2. The molecule has 1 aromatic carbocycles. The number of nitrogens with zero attached hydrogens (tertiary/aromatic N) is 4. The first-order valence-electron chi connectivity index (χ1n) is 10.1. The van der Waals surface area contributed by atoms with E-state index in [1.807, 2.05) is 35.5 Å². The molecule has 3 aliphatic rings. The smallest absolute Gasteiger partial charge is 0.324 e. The van der Waals surface area contributed by atoms with E-state index in [0.29, 0.717) is 22.3 Å². The van der Waals surface area contributed by atoms with Gasteiger partial charge in [-0.25, -0.2) is 4.79 Å². The van der Waals surface area contributed by atoms with Crippen LogP contribution >= 0.6 is 22.9 Å². The third-order valence-electron chi connectivity index (χ3n) is 5.91. The van der Waals surface area contributed by atoms with Gasteiger partial charge in [0.2, 0.25) is 0 Å². The Morgan fingerprint density at radius 2 is 1.93 bits per heavy atom. The summed E-state index contributed by atoms with van der Waals surface area (Å²) >= 11 is 7.21. The topological polar surface area (TPSA) is 68.2 Å². The number of rotatable bonds is 4. The molecule has 0 saturated carbocycles. The van der Waals surface area contributed by atoms with Gasteiger partial charge in [0.15, 0.2) is 0 Å². The molecule has 2 fully saturated rings. The zero-order chi connectivity index (χ0) is 20.7. The van der Waals surface area contributed by atoms with Gasteiger partial charge in [0.05, 0.1) is 34.2 Å². The van der Waals surface area contributed by atoms with E-state index in [1.165, 1.54) is 11.3 Å². The number of amides is 3. The number of nitrogens with one attached hydrogen (secondary N) is 1. The molecular weight excluding hydrogens is 422 g/mol. The first-order chi connectivity index (χ1) is 14.6. The summed E-state index contributed by atoms with van der Waals surface area (Å²) in [5.74, 6) is -0.128. The average Bonchev–Trinajstić information content (AvgIpc) is 3.46. The van der Waals surface area contributed by atoms with Crippen LogP contribution in [0.25, 0.3) is 0 Å².